The van der Waals surface area contributed by atoms with Crippen molar-refractivity contribution in [3.05, 3.63) is 54.0 Å². The minimum Gasteiger partial charge on any atom is -0.382 e. The highest BCUT2D eigenvalue weighted by Crippen LogP contribution is 2.22. The van der Waals surface area contributed by atoms with Gasteiger partial charge in [0.05, 0.1) is 30.6 Å². The molecule has 1 saturated heterocycles. The van der Waals surface area contributed by atoms with E-state index in [1.165, 1.54) is 6.07 Å². The first-order valence-corrected chi connectivity index (χ1v) is 8.05. The minimum absolute atomic E-state index is 0.151. The monoisotopic (exact) mass is 345 g/mol. The SMILES string of the molecule is COC[C@H]1CN(C(=O)c2cccnc2Nc2ccccc2F)CCO1. The summed E-state index contributed by atoms with van der Waals surface area (Å²) in [5.74, 6) is -0.248. The van der Waals surface area contributed by atoms with Gasteiger partial charge in [0.25, 0.3) is 5.91 Å². The molecule has 0 radical (unpaired) electrons. The predicted molar refractivity (Wildman–Crippen MR) is 91.4 cm³/mol. The van der Waals surface area contributed by atoms with Gasteiger partial charge in [-0.3, -0.25) is 4.79 Å². The van der Waals surface area contributed by atoms with E-state index in [9.17, 15) is 9.18 Å². The van der Waals surface area contributed by atoms with E-state index in [0.717, 1.165) is 0 Å². The maximum Gasteiger partial charge on any atom is 0.257 e. The van der Waals surface area contributed by atoms with Crippen LogP contribution in [0.3, 0.4) is 0 Å². The van der Waals surface area contributed by atoms with Gasteiger partial charge in [-0.2, -0.15) is 0 Å². The highest BCUT2D eigenvalue weighted by atomic mass is 19.1. The number of carbonyl (C=O) groups is 1. The molecule has 0 bridgehead atoms. The Bertz CT molecular complexity index is 739. The van der Waals surface area contributed by atoms with Gasteiger partial charge in [-0.15, -0.1) is 0 Å². The summed E-state index contributed by atoms with van der Waals surface area (Å²) < 4.78 is 24.6. The van der Waals surface area contributed by atoms with Gasteiger partial charge in [0, 0.05) is 26.4 Å². The first-order valence-electron chi connectivity index (χ1n) is 8.05. The number of hydrogen-bond acceptors (Lipinski definition) is 5. The Kier molecular flexibility index (Phi) is 5.57. The molecule has 1 aliphatic rings. The molecule has 132 valence electrons. The van der Waals surface area contributed by atoms with Crippen LogP contribution in [-0.4, -0.2) is 55.3 Å². The van der Waals surface area contributed by atoms with Crippen molar-refractivity contribution in [2.24, 2.45) is 0 Å². The lowest BCUT2D eigenvalue weighted by molar-refractivity contribution is -0.0530. The summed E-state index contributed by atoms with van der Waals surface area (Å²) in [5.41, 5.74) is 0.665. The zero-order valence-corrected chi connectivity index (χ0v) is 13.9. The lowest BCUT2D eigenvalue weighted by atomic mass is 10.2. The maximum atomic E-state index is 13.9. The number of pyridine rings is 1. The topological polar surface area (TPSA) is 63.7 Å². The van der Waals surface area contributed by atoms with Crippen LogP contribution in [0.15, 0.2) is 42.6 Å². The number of halogens is 1. The second kappa shape index (κ2) is 8.04. The van der Waals surface area contributed by atoms with E-state index in [2.05, 4.69) is 10.3 Å². The molecule has 2 heterocycles. The number of carbonyl (C=O) groups excluding carboxylic acids is 1. The van der Waals surface area contributed by atoms with E-state index in [1.807, 2.05) is 0 Å². The van der Waals surface area contributed by atoms with E-state index in [1.54, 1.807) is 48.5 Å². The van der Waals surface area contributed by atoms with Gasteiger partial charge in [-0.05, 0) is 24.3 Å². The summed E-state index contributed by atoms with van der Waals surface area (Å²) in [5, 5.41) is 2.91. The number of rotatable bonds is 5. The van der Waals surface area contributed by atoms with Crippen molar-refractivity contribution < 1.29 is 18.7 Å². The molecule has 1 aliphatic heterocycles. The van der Waals surface area contributed by atoms with Crippen LogP contribution in [-0.2, 0) is 9.47 Å². The van der Waals surface area contributed by atoms with Crippen molar-refractivity contribution in [2.45, 2.75) is 6.10 Å². The second-order valence-corrected chi connectivity index (χ2v) is 5.70. The van der Waals surface area contributed by atoms with E-state index in [4.69, 9.17) is 9.47 Å². The summed E-state index contributed by atoms with van der Waals surface area (Å²) in [6.45, 7) is 1.82. The van der Waals surface area contributed by atoms with Crippen molar-refractivity contribution in [1.82, 2.24) is 9.88 Å². The number of hydrogen-bond donors (Lipinski definition) is 1. The first-order chi connectivity index (χ1) is 12.2. The Labute approximate surface area is 145 Å². The number of methoxy groups -OCH3 is 1. The lowest BCUT2D eigenvalue weighted by Crippen LogP contribution is -2.47. The third-order valence-electron chi connectivity index (χ3n) is 3.94. The van der Waals surface area contributed by atoms with E-state index in [0.29, 0.717) is 37.7 Å². The van der Waals surface area contributed by atoms with Crippen LogP contribution in [0.2, 0.25) is 0 Å². The zero-order chi connectivity index (χ0) is 17.6. The molecule has 1 fully saturated rings. The number of benzene rings is 1. The fourth-order valence-corrected chi connectivity index (χ4v) is 2.73. The third-order valence-corrected chi connectivity index (χ3v) is 3.94. The normalized spacial score (nSPS) is 17.4. The van der Waals surface area contributed by atoms with Crippen LogP contribution in [0.1, 0.15) is 10.4 Å². The molecule has 0 aliphatic carbocycles. The molecule has 3 rings (SSSR count). The van der Waals surface area contributed by atoms with Crippen molar-refractivity contribution in [1.29, 1.82) is 0 Å². The maximum absolute atomic E-state index is 13.9. The Morgan fingerprint density at radius 2 is 2.24 bits per heavy atom. The molecule has 0 spiro atoms. The van der Waals surface area contributed by atoms with Gasteiger partial charge in [0.1, 0.15) is 11.6 Å². The van der Waals surface area contributed by atoms with E-state index in [-0.39, 0.29) is 17.7 Å². The van der Waals surface area contributed by atoms with Crippen molar-refractivity contribution >= 4 is 17.4 Å². The van der Waals surface area contributed by atoms with Crippen LogP contribution in [0.25, 0.3) is 0 Å². The van der Waals surface area contributed by atoms with Gasteiger partial charge in [0.2, 0.25) is 0 Å². The molecular weight excluding hydrogens is 325 g/mol. The summed E-state index contributed by atoms with van der Waals surface area (Å²) >= 11 is 0. The van der Waals surface area contributed by atoms with Crippen LogP contribution < -0.4 is 5.32 Å². The molecule has 25 heavy (non-hydrogen) atoms. The molecule has 6 nitrogen and oxygen atoms in total. The highest BCUT2D eigenvalue weighted by molar-refractivity contribution is 5.99. The molecular formula is C18H20FN3O3. The smallest absolute Gasteiger partial charge is 0.257 e. The molecule has 0 saturated carbocycles. The summed E-state index contributed by atoms with van der Waals surface area (Å²) in [6, 6.07) is 9.64. The predicted octanol–water partition coefficient (Wildman–Crippen LogP) is 2.45. The number of anilines is 2. The van der Waals surface area contributed by atoms with Crippen molar-refractivity contribution in [3.8, 4) is 0 Å². The molecule has 7 heteroatoms. The Morgan fingerprint density at radius 1 is 1.40 bits per heavy atom. The molecule has 1 atom stereocenters. The average Bonchev–Trinajstić information content (AvgIpc) is 2.64. The Balaban J connectivity index is 1.80. The van der Waals surface area contributed by atoms with Gasteiger partial charge in [0.15, 0.2) is 0 Å². The number of morpholine rings is 1. The van der Waals surface area contributed by atoms with Gasteiger partial charge < -0.3 is 19.7 Å². The summed E-state index contributed by atoms with van der Waals surface area (Å²) in [4.78, 5) is 18.8. The second-order valence-electron chi connectivity index (χ2n) is 5.70. The molecule has 2 aromatic rings. The standard InChI is InChI=1S/C18H20FN3O3/c1-24-12-13-11-22(9-10-25-13)18(23)14-5-4-8-20-17(14)21-16-7-3-2-6-15(16)19/h2-8,13H,9-12H2,1H3,(H,20,21)/t13-/m1/s1. The number of amides is 1. The summed E-state index contributed by atoms with van der Waals surface area (Å²) in [7, 11) is 1.60. The van der Waals surface area contributed by atoms with Crippen LogP contribution in [0.4, 0.5) is 15.9 Å². The number of nitrogens with one attached hydrogen (secondary N) is 1. The number of para-hydroxylation sites is 1. The quantitative estimate of drug-likeness (QED) is 0.902. The fraction of sp³-hybridized carbons (Fsp3) is 0.333. The lowest BCUT2D eigenvalue weighted by Gasteiger charge is -2.33. The van der Waals surface area contributed by atoms with Crippen molar-refractivity contribution in [2.75, 3.05) is 38.7 Å². The number of ether oxygens (including phenoxy) is 2. The number of nitrogens with zero attached hydrogens (tertiary/aromatic N) is 2. The summed E-state index contributed by atoms with van der Waals surface area (Å²) in [6.07, 6.45) is 1.41. The number of aromatic nitrogens is 1. The minimum atomic E-state index is -0.405. The average molecular weight is 345 g/mol. The van der Waals surface area contributed by atoms with Gasteiger partial charge in [-0.1, -0.05) is 12.1 Å². The Hall–Kier alpha value is -2.51. The molecule has 1 aromatic carbocycles. The third kappa shape index (κ3) is 4.12. The van der Waals surface area contributed by atoms with Crippen molar-refractivity contribution in [3.63, 3.8) is 0 Å². The zero-order valence-electron chi connectivity index (χ0n) is 13.9. The Morgan fingerprint density at radius 3 is 3.04 bits per heavy atom. The van der Waals surface area contributed by atoms with E-state index >= 15 is 0 Å². The largest absolute Gasteiger partial charge is 0.382 e. The van der Waals surface area contributed by atoms with Crippen LogP contribution >= 0.6 is 0 Å². The van der Waals surface area contributed by atoms with E-state index < -0.39 is 5.82 Å². The van der Waals surface area contributed by atoms with Gasteiger partial charge in [-0.25, -0.2) is 9.37 Å². The molecule has 0 unspecified atom stereocenters. The first kappa shape index (κ1) is 17.3. The highest BCUT2D eigenvalue weighted by Gasteiger charge is 2.26. The van der Waals surface area contributed by atoms with Crippen LogP contribution in [0.5, 0.6) is 0 Å². The molecule has 1 N–H and O–H groups in total. The molecule has 1 amide bonds. The molecule has 1 aromatic heterocycles. The van der Waals surface area contributed by atoms with Crippen LogP contribution in [0, 0.1) is 5.82 Å². The van der Waals surface area contributed by atoms with Gasteiger partial charge >= 0.3 is 0 Å². The fourth-order valence-electron chi connectivity index (χ4n) is 2.73.